The molecule has 0 aliphatic heterocycles. The van der Waals surface area contributed by atoms with Gasteiger partial charge in [-0.3, -0.25) is 14.2 Å². The van der Waals surface area contributed by atoms with E-state index in [0.717, 1.165) is 10.2 Å². The van der Waals surface area contributed by atoms with Crippen molar-refractivity contribution >= 4 is 21.8 Å². The third-order valence-corrected chi connectivity index (χ3v) is 4.52. The lowest BCUT2D eigenvalue weighted by Crippen LogP contribution is -2.31. The molecule has 132 valence electrons. The van der Waals surface area contributed by atoms with E-state index in [2.05, 4.69) is 31.4 Å². The molecule has 2 heterocycles. The molecule has 2 aromatic heterocycles. The van der Waals surface area contributed by atoms with Crippen LogP contribution in [-0.4, -0.2) is 25.5 Å². The van der Waals surface area contributed by atoms with Crippen molar-refractivity contribution in [3.63, 3.8) is 0 Å². The second kappa shape index (κ2) is 6.96. The molecule has 0 aliphatic rings. The zero-order valence-electron chi connectivity index (χ0n) is 13.4. The van der Waals surface area contributed by atoms with E-state index < -0.39 is 23.8 Å². The molecule has 0 fully saturated rings. The lowest BCUT2D eigenvalue weighted by atomic mass is 10.3. The normalized spacial score (nSPS) is 13.1. The molecular formula is C14H17BrF3N5O. The van der Waals surface area contributed by atoms with Crippen LogP contribution in [0.3, 0.4) is 0 Å². The molecule has 0 aromatic carbocycles. The minimum Gasteiger partial charge on any atom is -0.350 e. The Morgan fingerprint density at radius 2 is 2.12 bits per heavy atom. The number of amides is 1. The Bertz CT molecular complexity index is 737. The number of aromatic nitrogens is 4. The summed E-state index contributed by atoms with van der Waals surface area (Å²) in [7, 11) is 0. The van der Waals surface area contributed by atoms with Crippen molar-refractivity contribution in [1.29, 1.82) is 0 Å². The van der Waals surface area contributed by atoms with Gasteiger partial charge in [-0.25, -0.2) is 0 Å². The maximum atomic E-state index is 12.9. The molecule has 0 radical (unpaired) electrons. The minimum atomic E-state index is -4.58. The first-order chi connectivity index (χ1) is 11.1. The van der Waals surface area contributed by atoms with Crippen LogP contribution in [0.25, 0.3) is 0 Å². The van der Waals surface area contributed by atoms with E-state index in [1.807, 2.05) is 6.92 Å². The largest absolute Gasteiger partial charge is 0.436 e. The van der Waals surface area contributed by atoms with Gasteiger partial charge in [0.2, 0.25) is 5.91 Å². The van der Waals surface area contributed by atoms with Gasteiger partial charge in [0.1, 0.15) is 6.04 Å². The van der Waals surface area contributed by atoms with E-state index in [1.54, 1.807) is 17.1 Å². The average molecular weight is 408 g/mol. The summed E-state index contributed by atoms with van der Waals surface area (Å²) in [6.07, 6.45) is -1.16. The second-order valence-electron chi connectivity index (χ2n) is 5.29. The maximum Gasteiger partial charge on any atom is 0.436 e. The number of aryl methyl sites for hydroxylation is 1. The highest BCUT2D eigenvalue weighted by Crippen LogP contribution is 2.36. The van der Waals surface area contributed by atoms with Gasteiger partial charge in [0.05, 0.1) is 16.4 Å². The van der Waals surface area contributed by atoms with Crippen molar-refractivity contribution in [2.75, 3.05) is 0 Å². The van der Waals surface area contributed by atoms with Crippen molar-refractivity contribution in [2.45, 2.75) is 46.1 Å². The first-order valence-electron chi connectivity index (χ1n) is 7.26. The molecule has 0 aliphatic carbocycles. The first-order valence-corrected chi connectivity index (χ1v) is 8.05. The molecule has 1 unspecified atom stereocenters. The summed E-state index contributed by atoms with van der Waals surface area (Å²) in [5, 5.41) is 10.3. The Hall–Kier alpha value is -1.84. The van der Waals surface area contributed by atoms with Crippen LogP contribution >= 0.6 is 15.9 Å². The van der Waals surface area contributed by atoms with Crippen molar-refractivity contribution in [3.05, 3.63) is 33.8 Å². The highest BCUT2D eigenvalue weighted by Gasteiger charge is 2.38. The number of hydrogen-bond acceptors (Lipinski definition) is 3. The van der Waals surface area contributed by atoms with E-state index in [1.165, 1.54) is 13.8 Å². The number of alkyl halides is 3. The molecule has 10 heteroatoms. The molecule has 1 atom stereocenters. The molecule has 0 spiro atoms. The van der Waals surface area contributed by atoms with Crippen LogP contribution in [0.1, 0.15) is 36.8 Å². The van der Waals surface area contributed by atoms with Crippen LogP contribution < -0.4 is 5.32 Å². The molecule has 0 bridgehead atoms. The van der Waals surface area contributed by atoms with Crippen LogP contribution in [0.15, 0.2) is 16.9 Å². The molecule has 1 amide bonds. The van der Waals surface area contributed by atoms with Gasteiger partial charge in [-0.1, -0.05) is 0 Å². The number of carbonyl (C=O) groups excluding carboxylic acids is 1. The number of halogens is 4. The first kappa shape index (κ1) is 18.5. The molecule has 0 saturated heterocycles. The molecular weight excluding hydrogens is 391 g/mol. The summed E-state index contributed by atoms with van der Waals surface area (Å²) in [5.41, 5.74) is 0.0133. The van der Waals surface area contributed by atoms with Crippen molar-refractivity contribution in [3.8, 4) is 0 Å². The van der Waals surface area contributed by atoms with Gasteiger partial charge in [0.25, 0.3) is 0 Å². The molecule has 6 nitrogen and oxygen atoms in total. The van der Waals surface area contributed by atoms with Gasteiger partial charge in [-0.2, -0.15) is 23.4 Å². The Morgan fingerprint density at radius 3 is 2.62 bits per heavy atom. The van der Waals surface area contributed by atoms with Crippen LogP contribution in [-0.2, 0) is 24.1 Å². The SMILES string of the molecule is CCn1cc(CNC(=O)C(C)n2nc(C(F)(F)F)c(Br)c2C)cn1. The van der Waals surface area contributed by atoms with Gasteiger partial charge in [0.15, 0.2) is 5.69 Å². The van der Waals surface area contributed by atoms with E-state index in [9.17, 15) is 18.0 Å². The monoisotopic (exact) mass is 407 g/mol. The standard InChI is InChI=1S/C14H17BrF3N5O/c1-4-22-7-10(6-20-22)5-19-13(24)9(3)23-8(2)11(15)12(21-23)14(16,17)18/h6-7,9H,4-5H2,1-3H3,(H,19,24). The zero-order valence-corrected chi connectivity index (χ0v) is 14.9. The van der Waals surface area contributed by atoms with E-state index >= 15 is 0 Å². The number of nitrogens with zero attached hydrogens (tertiary/aromatic N) is 4. The van der Waals surface area contributed by atoms with Gasteiger partial charge < -0.3 is 5.32 Å². The summed E-state index contributed by atoms with van der Waals surface area (Å²) in [6.45, 7) is 5.87. The summed E-state index contributed by atoms with van der Waals surface area (Å²) in [5.74, 6) is -0.425. The molecule has 2 rings (SSSR count). The van der Waals surface area contributed by atoms with Crippen molar-refractivity contribution < 1.29 is 18.0 Å². The highest BCUT2D eigenvalue weighted by atomic mass is 79.9. The summed E-state index contributed by atoms with van der Waals surface area (Å²) < 4.78 is 41.3. The predicted octanol–water partition coefficient (Wildman–Crippen LogP) is 3.07. The van der Waals surface area contributed by atoms with Gasteiger partial charge in [0, 0.05) is 24.8 Å². The third kappa shape index (κ3) is 3.80. The topological polar surface area (TPSA) is 64.7 Å². The Morgan fingerprint density at radius 1 is 1.46 bits per heavy atom. The summed E-state index contributed by atoms with van der Waals surface area (Å²) in [4.78, 5) is 12.2. The maximum absolute atomic E-state index is 12.9. The smallest absolute Gasteiger partial charge is 0.350 e. The Labute approximate surface area is 145 Å². The molecule has 2 aromatic rings. The fourth-order valence-corrected chi connectivity index (χ4v) is 2.66. The second-order valence-corrected chi connectivity index (χ2v) is 6.08. The van der Waals surface area contributed by atoms with Gasteiger partial charge >= 0.3 is 6.18 Å². The van der Waals surface area contributed by atoms with Gasteiger partial charge in [-0.15, -0.1) is 0 Å². The number of nitrogens with one attached hydrogen (secondary N) is 1. The Balaban J connectivity index is 2.10. The Kier molecular flexibility index (Phi) is 5.36. The van der Waals surface area contributed by atoms with Crippen LogP contribution in [0, 0.1) is 6.92 Å². The number of carbonyl (C=O) groups is 1. The van der Waals surface area contributed by atoms with Crippen LogP contribution in [0.2, 0.25) is 0 Å². The lowest BCUT2D eigenvalue weighted by Gasteiger charge is -2.14. The lowest BCUT2D eigenvalue weighted by molar-refractivity contribution is -0.142. The van der Waals surface area contributed by atoms with Gasteiger partial charge in [-0.05, 0) is 36.7 Å². The average Bonchev–Trinajstić information content (AvgIpc) is 3.09. The third-order valence-electron chi connectivity index (χ3n) is 3.57. The fourth-order valence-electron chi connectivity index (χ4n) is 2.18. The van der Waals surface area contributed by atoms with Crippen molar-refractivity contribution in [2.24, 2.45) is 0 Å². The summed E-state index contributed by atoms with van der Waals surface area (Å²) >= 11 is 2.89. The number of rotatable bonds is 5. The van der Waals surface area contributed by atoms with Crippen LogP contribution in [0.5, 0.6) is 0 Å². The highest BCUT2D eigenvalue weighted by molar-refractivity contribution is 9.10. The van der Waals surface area contributed by atoms with E-state index in [0.29, 0.717) is 6.54 Å². The molecule has 0 saturated carbocycles. The summed E-state index contributed by atoms with van der Waals surface area (Å²) in [6, 6.07) is -0.876. The quantitative estimate of drug-likeness (QED) is 0.827. The van der Waals surface area contributed by atoms with E-state index in [-0.39, 0.29) is 16.7 Å². The predicted molar refractivity (Wildman–Crippen MR) is 84.1 cm³/mol. The molecule has 24 heavy (non-hydrogen) atoms. The van der Waals surface area contributed by atoms with Crippen LogP contribution in [0.4, 0.5) is 13.2 Å². The fraction of sp³-hybridized carbons (Fsp3) is 0.500. The number of hydrogen-bond donors (Lipinski definition) is 1. The zero-order chi connectivity index (χ0) is 18.1. The van der Waals surface area contributed by atoms with Crippen molar-refractivity contribution in [1.82, 2.24) is 24.9 Å². The van der Waals surface area contributed by atoms with E-state index in [4.69, 9.17) is 0 Å². The molecule has 1 N–H and O–H groups in total. The minimum absolute atomic E-state index is 0.154.